The van der Waals surface area contributed by atoms with Gasteiger partial charge in [0.25, 0.3) is 5.95 Å². The van der Waals surface area contributed by atoms with Gasteiger partial charge < -0.3 is 15.4 Å². The van der Waals surface area contributed by atoms with Crippen molar-refractivity contribution in [1.29, 1.82) is 0 Å². The summed E-state index contributed by atoms with van der Waals surface area (Å²) in [6.07, 6.45) is 6.55. The van der Waals surface area contributed by atoms with E-state index < -0.39 is 0 Å². The summed E-state index contributed by atoms with van der Waals surface area (Å²) in [7, 11) is 1.76. The first-order chi connectivity index (χ1) is 10.3. The van der Waals surface area contributed by atoms with Gasteiger partial charge in [-0.2, -0.15) is 24.7 Å². The van der Waals surface area contributed by atoms with Crippen LogP contribution in [-0.2, 0) is 4.74 Å². The van der Waals surface area contributed by atoms with Crippen LogP contribution in [0.2, 0.25) is 0 Å². The van der Waals surface area contributed by atoms with Crippen LogP contribution in [0, 0.1) is 0 Å². The van der Waals surface area contributed by atoms with Crippen molar-refractivity contribution in [3.63, 3.8) is 0 Å². The van der Waals surface area contributed by atoms with E-state index in [2.05, 4.69) is 35.7 Å². The zero-order chi connectivity index (χ0) is 14.5. The van der Waals surface area contributed by atoms with Crippen LogP contribution in [0.3, 0.4) is 0 Å². The number of aromatic nitrogens is 6. The Morgan fingerprint density at radius 2 is 2.24 bits per heavy atom. The molecule has 1 unspecified atom stereocenters. The third-order valence-corrected chi connectivity index (χ3v) is 3.24. The molecule has 2 aromatic heterocycles. The number of rotatable bonds is 6. The minimum atomic E-state index is 0.345. The number of anilines is 2. The summed E-state index contributed by atoms with van der Waals surface area (Å²) in [5.74, 6) is 1.42. The molecule has 1 atom stereocenters. The maximum Gasteiger partial charge on any atom is 0.258 e. The van der Waals surface area contributed by atoms with Crippen molar-refractivity contribution < 1.29 is 4.74 Å². The summed E-state index contributed by atoms with van der Waals surface area (Å²) in [5, 5.41) is 10.1. The van der Waals surface area contributed by atoms with Gasteiger partial charge in [0, 0.05) is 20.2 Å². The molecule has 0 aliphatic carbocycles. The van der Waals surface area contributed by atoms with Crippen molar-refractivity contribution in [2.24, 2.45) is 0 Å². The summed E-state index contributed by atoms with van der Waals surface area (Å²) in [5.41, 5.74) is 0. The molecule has 1 saturated heterocycles. The van der Waals surface area contributed by atoms with Gasteiger partial charge in [0.1, 0.15) is 12.7 Å². The zero-order valence-electron chi connectivity index (χ0n) is 11.9. The van der Waals surface area contributed by atoms with Gasteiger partial charge in [-0.3, -0.25) is 0 Å². The van der Waals surface area contributed by atoms with Crippen LogP contribution in [0.25, 0.3) is 5.95 Å². The second-order valence-electron chi connectivity index (χ2n) is 4.72. The third kappa shape index (κ3) is 3.43. The molecule has 2 aromatic rings. The highest BCUT2D eigenvalue weighted by Gasteiger charge is 2.15. The van der Waals surface area contributed by atoms with Crippen LogP contribution in [0.1, 0.15) is 19.3 Å². The molecule has 0 spiro atoms. The van der Waals surface area contributed by atoms with E-state index in [1.807, 2.05) is 0 Å². The summed E-state index contributed by atoms with van der Waals surface area (Å²) in [4.78, 5) is 16.7. The summed E-state index contributed by atoms with van der Waals surface area (Å²) < 4.78 is 7.08. The van der Waals surface area contributed by atoms with Crippen molar-refractivity contribution in [2.75, 3.05) is 30.8 Å². The molecule has 3 rings (SSSR count). The van der Waals surface area contributed by atoms with Crippen LogP contribution in [0.15, 0.2) is 12.7 Å². The monoisotopic (exact) mass is 290 g/mol. The molecule has 0 aromatic carbocycles. The fraction of sp³-hybridized carbons (Fsp3) is 0.583. The Kier molecular flexibility index (Phi) is 4.20. The molecule has 9 heteroatoms. The van der Waals surface area contributed by atoms with E-state index in [9.17, 15) is 0 Å². The summed E-state index contributed by atoms with van der Waals surface area (Å²) in [6, 6.07) is 0. The standard InChI is InChI=1S/C12H18N8O/c1-13-10-17-11(15-5-4-9-3-2-6-21-9)19-12(18-10)20-8-14-7-16-20/h7-9H,2-6H2,1H3,(H2,13,15,17,18,19). The summed E-state index contributed by atoms with van der Waals surface area (Å²) in [6.45, 7) is 1.63. The van der Waals surface area contributed by atoms with Crippen molar-refractivity contribution >= 4 is 11.9 Å². The number of hydrogen-bond acceptors (Lipinski definition) is 8. The highest BCUT2D eigenvalue weighted by Crippen LogP contribution is 2.15. The Labute approximate surface area is 122 Å². The van der Waals surface area contributed by atoms with Gasteiger partial charge in [-0.15, -0.1) is 0 Å². The number of hydrogen-bond donors (Lipinski definition) is 2. The first-order valence-electron chi connectivity index (χ1n) is 6.99. The molecule has 0 radical (unpaired) electrons. The maximum atomic E-state index is 5.59. The van der Waals surface area contributed by atoms with Gasteiger partial charge in [-0.05, 0) is 19.3 Å². The van der Waals surface area contributed by atoms with Crippen LogP contribution in [-0.4, -0.2) is 56.0 Å². The fourth-order valence-electron chi connectivity index (χ4n) is 2.19. The zero-order valence-corrected chi connectivity index (χ0v) is 11.9. The molecule has 112 valence electrons. The molecule has 21 heavy (non-hydrogen) atoms. The van der Waals surface area contributed by atoms with Gasteiger partial charge in [0.15, 0.2) is 0 Å². The molecule has 1 aliphatic rings. The van der Waals surface area contributed by atoms with Crippen molar-refractivity contribution in [3.05, 3.63) is 12.7 Å². The van der Waals surface area contributed by atoms with Crippen molar-refractivity contribution in [1.82, 2.24) is 29.7 Å². The largest absolute Gasteiger partial charge is 0.378 e. The lowest BCUT2D eigenvalue weighted by atomic mass is 10.2. The Balaban J connectivity index is 1.67. The second-order valence-corrected chi connectivity index (χ2v) is 4.72. The first kappa shape index (κ1) is 13.7. The molecule has 0 saturated carbocycles. The molecule has 1 aliphatic heterocycles. The lowest BCUT2D eigenvalue weighted by molar-refractivity contribution is 0.107. The number of nitrogens with one attached hydrogen (secondary N) is 2. The number of nitrogens with zero attached hydrogens (tertiary/aromatic N) is 6. The van der Waals surface area contributed by atoms with Crippen molar-refractivity contribution in [2.45, 2.75) is 25.4 Å². The maximum absolute atomic E-state index is 5.59. The Hall–Kier alpha value is -2.29. The highest BCUT2D eigenvalue weighted by atomic mass is 16.5. The summed E-state index contributed by atoms with van der Waals surface area (Å²) >= 11 is 0. The fourth-order valence-corrected chi connectivity index (χ4v) is 2.19. The predicted molar refractivity (Wildman–Crippen MR) is 76.4 cm³/mol. The van der Waals surface area contributed by atoms with Gasteiger partial charge in [-0.25, -0.2) is 4.98 Å². The smallest absolute Gasteiger partial charge is 0.258 e. The SMILES string of the molecule is CNc1nc(NCCC2CCCO2)nc(-n2cncn2)n1. The highest BCUT2D eigenvalue weighted by molar-refractivity contribution is 5.37. The van der Waals surface area contributed by atoms with Gasteiger partial charge in [0.05, 0.1) is 6.10 Å². The normalized spacial score (nSPS) is 17.9. The van der Waals surface area contributed by atoms with Gasteiger partial charge >= 0.3 is 0 Å². The van der Waals surface area contributed by atoms with Crippen LogP contribution >= 0.6 is 0 Å². The molecule has 2 N–H and O–H groups in total. The van der Waals surface area contributed by atoms with E-state index in [4.69, 9.17) is 4.74 Å². The minimum Gasteiger partial charge on any atom is -0.378 e. The lowest BCUT2D eigenvalue weighted by Crippen LogP contribution is -2.16. The topological polar surface area (TPSA) is 103 Å². The molecule has 0 bridgehead atoms. The van der Waals surface area contributed by atoms with E-state index in [1.54, 1.807) is 13.4 Å². The average Bonchev–Trinajstić information content (AvgIpc) is 3.20. The lowest BCUT2D eigenvalue weighted by Gasteiger charge is -2.11. The van der Waals surface area contributed by atoms with E-state index in [1.165, 1.54) is 11.0 Å². The van der Waals surface area contributed by atoms with Gasteiger partial charge in [0.2, 0.25) is 11.9 Å². The van der Waals surface area contributed by atoms with Crippen molar-refractivity contribution in [3.8, 4) is 5.95 Å². The Morgan fingerprint density at radius 1 is 1.33 bits per heavy atom. The van der Waals surface area contributed by atoms with Crippen LogP contribution in [0.5, 0.6) is 0 Å². The van der Waals surface area contributed by atoms with Crippen LogP contribution < -0.4 is 10.6 Å². The molecular weight excluding hydrogens is 272 g/mol. The Bertz CT molecular complexity index is 567. The minimum absolute atomic E-state index is 0.345. The van der Waals surface area contributed by atoms with Crippen LogP contribution in [0.4, 0.5) is 11.9 Å². The first-order valence-corrected chi connectivity index (χ1v) is 6.99. The third-order valence-electron chi connectivity index (χ3n) is 3.24. The van der Waals surface area contributed by atoms with E-state index in [0.717, 1.165) is 32.4 Å². The predicted octanol–water partition coefficient (Wildman–Crippen LogP) is 0.475. The molecule has 3 heterocycles. The molecule has 0 amide bonds. The Morgan fingerprint density at radius 3 is 2.95 bits per heavy atom. The van der Waals surface area contributed by atoms with E-state index in [-0.39, 0.29) is 0 Å². The molecule has 1 fully saturated rings. The van der Waals surface area contributed by atoms with E-state index >= 15 is 0 Å². The number of ether oxygens (including phenoxy) is 1. The second kappa shape index (κ2) is 6.44. The quantitative estimate of drug-likeness (QED) is 0.791. The van der Waals surface area contributed by atoms with Gasteiger partial charge in [-0.1, -0.05) is 0 Å². The molecule has 9 nitrogen and oxygen atoms in total. The van der Waals surface area contributed by atoms with E-state index in [0.29, 0.717) is 23.9 Å². The molecular formula is C12H18N8O. The average molecular weight is 290 g/mol.